The number of aliphatic imine (C=N–C) groups is 1. The SMILES string of the molecule is CCC(O)(CN=C(N)NCCOC)c1ccc(Br)cc1. The second-order valence-electron chi connectivity index (χ2n) is 4.51. The van der Waals surface area contributed by atoms with E-state index in [9.17, 15) is 5.11 Å². The third-order valence-electron chi connectivity index (χ3n) is 3.09. The molecule has 1 aromatic carbocycles. The maximum atomic E-state index is 10.7. The second kappa shape index (κ2) is 8.24. The van der Waals surface area contributed by atoms with Crippen molar-refractivity contribution in [1.29, 1.82) is 0 Å². The van der Waals surface area contributed by atoms with Crippen LogP contribution >= 0.6 is 15.9 Å². The fourth-order valence-corrected chi connectivity index (χ4v) is 1.98. The van der Waals surface area contributed by atoms with Gasteiger partial charge in [0.25, 0.3) is 0 Å². The number of nitrogens with one attached hydrogen (secondary N) is 1. The molecule has 4 N–H and O–H groups in total. The van der Waals surface area contributed by atoms with Crippen molar-refractivity contribution in [1.82, 2.24) is 5.32 Å². The molecule has 112 valence electrons. The van der Waals surface area contributed by atoms with Crippen LogP contribution in [0.15, 0.2) is 33.7 Å². The van der Waals surface area contributed by atoms with Gasteiger partial charge in [0.05, 0.1) is 13.2 Å². The van der Waals surface area contributed by atoms with Gasteiger partial charge in [0.15, 0.2) is 5.96 Å². The van der Waals surface area contributed by atoms with Gasteiger partial charge in [-0.15, -0.1) is 0 Å². The standard InChI is InChI=1S/C14H22BrN3O2/c1-3-14(19,11-4-6-12(15)7-5-11)10-18-13(16)17-8-9-20-2/h4-7,19H,3,8-10H2,1-2H3,(H3,16,17,18). The largest absolute Gasteiger partial charge is 0.383 e. The van der Waals surface area contributed by atoms with E-state index in [4.69, 9.17) is 10.5 Å². The second-order valence-corrected chi connectivity index (χ2v) is 5.43. The number of nitrogens with zero attached hydrogens (tertiary/aromatic N) is 1. The number of hydrogen-bond acceptors (Lipinski definition) is 3. The van der Waals surface area contributed by atoms with Gasteiger partial charge in [-0.2, -0.15) is 0 Å². The van der Waals surface area contributed by atoms with E-state index in [2.05, 4.69) is 26.2 Å². The van der Waals surface area contributed by atoms with E-state index in [1.54, 1.807) is 7.11 Å². The van der Waals surface area contributed by atoms with Gasteiger partial charge in [-0.1, -0.05) is 35.0 Å². The molecule has 0 aliphatic carbocycles. The predicted octanol–water partition coefficient (Wildman–Crippen LogP) is 1.60. The van der Waals surface area contributed by atoms with Crippen LogP contribution in [0.3, 0.4) is 0 Å². The summed E-state index contributed by atoms with van der Waals surface area (Å²) in [6.45, 7) is 3.29. The summed E-state index contributed by atoms with van der Waals surface area (Å²) in [5, 5.41) is 13.6. The smallest absolute Gasteiger partial charge is 0.188 e. The summed E-state index contributed by atoms with van der Waals surface area (Å²) in [5.74, 6) is 0.311. The molecule has 6 heteroatoms. The Labute approximate surface area is 128 Å². The van der Waals surface area contributed by atoms with E-state index in [0.717, 1.165) is 10.0 Å². The zero-order chi connectivity index (χ0) is 15.0. The van der Waals surface area contributed by atoms with Gasteiger partial charge in [-0.3, -0.25) is 4.99 Å². The summed E-state index contributed by atoms with van der Waals surface area (Å²) in [6.07, 6.45) is 0.559. The van der Waals surface area contributed by atoms with Crippen molar-refractivity contribution >= 4 is 21.9 Å². The van der Waals surface area contributed by atoms with Crippen LogP contribution in [0.1, 0.15) is 18.9 Å². The highest BCUT2D eigenvalue weighted by atomic mass is 79.9. The van der Waals surface area contributed by atoms with Crippen molar-refractivity contribution < 1.29 is 9.84 Å². The Kier molecular flexibility index (Phi) is 6.98. The van der Waals surface area contributed by atoms with Crippen LogP contribution in [0, 0.1) is 0 Å². The van der Waals surface area contributed by atoms with Gasteiger partial charge < -0.3 is 20.9 Å². The molecule has 0 aliphatic rings. The van der Waals surface area contributed by atoms with Gasteiger partial charge in [0.1, 0.15) is 5.60 Å². The maximum absolute atomic E-state index is 10.7. The number of rotatable bonds is 7. The molecule has 1 rings (SSSR count). The van der Waals surface area contributed by atoms with E-state index in [0.29, 0.717) is 25.5 Å². The minimum Gasteiger partial charge on any atom is -0.383 e. The summed E-state index contributed by atoms with van der Waals surface area (Å²) in [6, 6.07) is 7.58. The molecular formula is C14H22BrN3O2. The van der Waals surface area contributed by atoms with E-state index in [1.807, 2.05) is 31.2 Å². The average molecular weight is 344 g/mol. The first-order valence-corrected chi connectivity index (χ1v) is 7.32. The van der Waals surface area contributed by atoms with Crippen LogP contribution < -0.4 is 11.1 Å². The monoisotopic (exact) mass is 343 g/mol. The normalized spacial score (nSPS) is 14.9. The van der Waals surface area contributed by atoms with E-state index in [1.165, 1.54) is 0 Å². The first-order valence-electron chi connectivity index (χ1n) is 6.53. The van der Waals surface area contributed by atoms with Gasteiger partial charge in [-0.25, -0.2) is 0 Å². The molecule has 0 heterocycles. The quantitative estimate of drug-likeness (QED) is 0.399. The Bertz CT molecular complexity index is 437. The highest BCUT2D eigenvalue weighted by Gasteiger charge is 2.26. The predicted molar refractivity (Wildman–Crippen MR) is 84.7 cm³/mol. The van der Waals surface area contributed by atoms with Crippen molar-refractivity contribution in [2.24, 2.45) is 10.7 Å². The molecule has 0 radical (unpaired) electrons. The highest BCUT2D eigenvalue weighted by molar-refractivity contribution is 9.10. The van der Waals surface area contributed by atoms with Crippen molar-refractivity contribution in [3.05, 3.63) is 34.3 Å². The number of benzene rings is 1. The molecule has 1 unspecified atom stereocenters. The Balaban J connectivity index is 2.69. The van der Waals surface area contributed by atoms with Crippen molar-refractivity contribution in [2.75, 3.05) is 26.8 Å². The molecule has 0 bridgehead atoms. The van der Waals surface area contributed by atoms with Gasteiger partial charge in [0.2, 0.25) is 0 Å². The lowest BCUT2D eigenvalue weighted by atomic mass is 9.91. The van der Waals surface area contributed by atoms with Gasteiger partial charge >= 0.3 is 0 Å². The molecule has 0 saturated carbocycles. The summed E-state index contributed by atoms with van der Waals surface area (Å²) >= 11 is 3.38. The molecule has 0 spiro atoms. The third kappa shape index (κ3) is 5.11. The minimum atomic E-state index is -1.01. The summed E-state index contributed by atoms with van der Waals surface area (Å²) in [4.78, 5) is 4.20. The lowest BCUT2D eigenvalue weighted by Crippen LogP contribution is -2.36. The maximum Gasteiger partial charge on any atom is 0.188 e. The van der Waals surface area contributed by atoms with Crippen molar-refractivity contribution in [3.63, 3.8) is 0 Å². The number of halogens is 1. The molecule has 0 saturated heterocycles. The minimum absolute atomic E-state index is 0.219. The van der Waals surface area contributed by atoms with E-state index in [-0.39, 0.29) is 6.54 Å². The van der Waals surface area contributed by atoms with Crippen LogP contribution in [-0.4, -0.2) is 37.9 Å². The van der Waals surface area contributed by atoms with Crippen molar-refractivity contribution in [3.8, 4) is 0 Å². The lowest BCUT2D eigenvalue weighted by molar-refractivity contribution is 0.0423. The molecule has 1 aromatic rings. The first kappa shape index (κ1) is 16.9. The third-order valence-corrected chi connectivity index (χ3v) is 3.62. The van der Waals surface area contributed by atoms with Crippen LogP contribution in [-0.2, 0) is 10.3 Å². The Morgan fingerprint density at radius 3 is 2.65 bits per heavy atom. The van der Waals surface area contributed by atoms with E-state index < -0.39 is 5.60 Å². The first-order chi connectivity index (χ1) is 9.51. The summed E-state index contributed by atoms with van der Waals surface area (Å²) in [7, 11) is 1.62. The molecule has 0 fully saturated rings. The van der Waals surface area contributed by atoms with E-state index >= 15 is 0 Å². The fourth-order valence-electron chi connectivity index (χ4n) is 1.72. The zero-order valence-corrected chi connectivity index (χ0v) is 13.5. The number of methoxy groups -OCH3 is 1. The number of ether oxygens (including phenoxy) is 1. The van der Waals surface area contributed by atoms with Crippen LogP contribution in [0.25, 0.3) is 0 Å². The van der Waals surface area contributed by atoms with Gasteiger partial charge in [-0.05, 0) is 24.1 Å². The van der Waals surface area contributed by atoms with Crippen LogP contribution in [0.5, 0.6) is 0 Å². The fraction of sp³-hybridized carbons (Fsp3) is 0.500. The Hall–Kier alpha value is -1.11. The zero-order valence-electron chi connectivity index (χ0n) is 11.9. The number of nitrogens with two attached hydrogens (primary N) is 1. The Morgan fingerprint density at radius 2 is 2.10 bits per heavy atom. The molecule has 0 aliphatic heterocycles. The highest BCUT2D eigenvalue weighted by Crippen LogP contribution is 2.26. The topological polar surface area (TPSA) is 79.9 Å². The molecule has 1 atom stereocenters. The lowest BCUT2D eigenvalue weighted by Gasteiger charge is -2.25. The number of guanidine groups is 1. The Morgan fingerprint density at radius 1 is 1.45 bits per heavy atom. The summed E-state index contributed by atoms with van der Waals surface area (Å²) in [5.41, 5.74) is 5.57. The van der Waals surface area contributed by atoms with Gasteiger partial charge in [0, 0.05) is 18.1 Å². The van der Waals surface area contributed by atoms with Crippen molar-refractivity contribution in [2.45, 2.75) is 18.9 Å². The summed E-state index contributed by atoms with van der Waals surface area (Å²) < 4.78 is 5.89. The number of aliphatic hydroxyl groups is 1. The molecule has 0 amide bonds. The number of hydrogen-bond donors (Lipinski definition) is 3. The van der Waals surface area contributed by atoms with Crippen LogP contribution in [0.4, 0.5) is 0 Å². The average Bonchev–Trinajstić information content (AvgIpc) is 2.46. The van der Waals surface area contributed by atoms with Crippen LogP contribution in [0.2, 0.25) is 0 Å². The molecular weight excluding hydrogens is 322 g/mol. The molecule has 0 aromatic heterocycles. The molecule has 20 heavy (non-hydrogen) atoms. The molecule has 5 nitrogen and oxygen atoms in total.